The number of hydrogen-bond acceptors (Lipinski definition) is 5. The fourth-order valence-corrected chi connectivity index (χ4v) is 3.45. The summed E-state index contributed by atoms with van der Waals surface area (Å²) >= 11 is 1.70. The van der Waals surface area contributed by atoms with Gasteiger partial charge in [-0.05, 0) is 19.8 Å². The van der Waals surface area contributed by atoms with E-state index in [0.29, 0.717) is 16.8 Å². The van der Waals surface area contributed by atoms with E-state index in [1.165, 1.54) is 19.3 Å². The van der Waals surface area contributed by atoms with Crippen molar-refractivity contribution >= 4 is 17.5 Å². The molecular weight excluding hydrogens is 305 g/mol. The van der Waals surface area contributed by atoms with Gasteiger partial charge in [0.25, 0.3) is 0 Å². The lowest BCUT2D eigenvalue weighted by Crippen LogP contribution is -2.27. The molecule has 118 valence electrons. The van der Waals surface area contributed by atoms with Crippen molar-refractivity contribution in [2.24, 2.45) is 0 Å². The molecule has 1 atom stereocenters. The molecule has 1 aromatic heterocycles. The molecule has 1 aliphatic carbocycles. The molecule has 0 radical (unpaired) electrons. The smallest absolute Gasteiger partial charge is 0.339 e. The highest BCUT2D eigenvalue weighted by molar-refractivity contribution is 7.99. The van der Waals surface area contributed by atoms with Gasteiger partial charge in [-0.3, -0.25) is 4.79 Å². The molecule has 1 aromatic rings. The van der Waals surface area contributed by atoms with Crippen molar-refractivity contribution < 1.29 is 22.5 Å². The molecule has 4 nitrogen and oxygen atoms in total. The summed E-state index contributed by atoms with van der Waals surface area (Å²) in [4.78, 5) is 15.0. The molecule has 1 unspecified atom stereocenters. The first-order chi connectivity index (χ1) is 9.88. The van der Waals surface area contributed by atoms with E-state index in [1.807, 2.05) is 0 Å². The summed E-state index contributed by atoms with van der Waals surface area (Å²) in [6.45, 7) is 1.13. The normalized spacial score (nSPS) is 18.7. The monoisotopic (exact) mass is 322 g/mol. The van der Waals surface area contributed by atoms with E-state index in [9.17, 15) is 18.0 Å². The minimum Gasteiger partial charge on any atom is -0.339 e. The van der Waals surface area contributed by atoms with E-state index in [0.717, 1.165) is 19.8 Å². The lowest BCUT2D eigenvalue weighted by Gasteiger charge is -2.19. The largest absolute Gasteiger partial charge is 0.450 e. The number of Topliss-reactive ketones (excluding diaryl/α,β-unsaturated/α-hetero) is 1. The quantitative estimate of drug-likeness (QED) is 0.823. The summed E-state index contributed by atoms with van der Waals surface area (Å²) in [6.07, 6.45) is 1.11. The van der Waals surface area contributed by atoms with Crippen LogP contribution in [0.2, 0.25) is 0 Å². The number of aromatic nitrogens is 2. The van der Waals surface area contributed by atoms with E-state index in [2.05, 4.69) is 10.1 Å². The highest BCUT2D eigenvalue weighted by atomic mass is 32.2. The molecule has 21 heavy (non-hydrogen) atoms. The van der Waals surface area contributed by atoms with Gasteiger partial charge >= 0.3 is 6.18 Å². The molecule has 1 aliphatic rings. The second-order valence-electron chi connectivity index (χ2n) is 5.20. The summed E-state index contributed by atoms with van der Waals surface area (Å²) in [5.74, 6) is -2.73. The third-order valence-electron chi connectivity index (χ3n) is 3.53. The van der Waals surface area contributed by atoms with Gasteiger partial charge in [0.15, 0.2) is 5.82 Å². The molecule has 1 fully saturated rings. The molecule has 0 aromatic carbocycles. The molecule has 8 heteroatoms. The van der Waals surface area contributed by atoms with E-state index >= 15 is 0 Å². The second kappa shape index (κ2) is 6.81. The zero-order chi connectivity index (χ0) is 15.5. The Bertz CT molecular complexity index is 484. The average molecular weight is 322 g/mol. The Morgan fingerprint density at radius 2 is 2.05 bits per heavy atom. The summed E-state index contributed by atoms with van der Waals surface area (Å²) < 4.78 is 41.8. The highest BCUT2D eigenvalue weighted by Gasteiger charge is 2.44. The zero-order valence-electron chi connectivity index (χ0n) is 11.7. The van der Waals surface area contributed by atoms with E-state index < -0.39 is 17.9 Å². The third kappa shape index (κ3) is 4.46. The Kier molecular flexibility index (Phi) is 5.29. The predicted molar refractivity (Wildman–Crippen MR) is 71.9 cm³/mol. The van der Waals surface area contributed by atoms with Crippen LogP contribution >= 0.6 is 11.8 Å². The van der Waals surface area contributed by atoms with E-state index in [1.54, 1.807) is 11.8 Å². The van der Waals surface area contributed by atoms with E-state index in [-0.39, 0.29) is 5.89 Å². The fraction of sp³-hybridized carbons (Fsp3) is 0.769. The Hall–Kier alpha value is -1.05. The maximum absolute atomic E-state index is 12.3. The van der Waals surface area contributed by atoms with Crippen molar-refractivity contribution in [1.29, 1.82) is 0 Å². The number of rotatable bonds is 5. The second-order valence-corrected chi connectivity index (χ2v) is 6.49. The van der Waals surface area contributed by atoms with Gasteiger partial charge < -0.3 is 4.52 Å². The number of alkyl halides is 3. The maximum Gasteiger partial charge on any atom is 0.450 e. The lowest BCUT2D eigenvalue weighted by molar-refractivity contribution is -0.172. The Morgan fingerprint density at radius 3 is 2.67 bits per heavy atom. The number of halogens is 3. The number of ketones is 1. The topological polar surface area (TPSA) is 56.0 Å². The number of carbonyl (C=O) groups excluding carboxylic acids is 1. The Morgan fingerprint density at radius 1 is 1.38 bits per heavy atom. The third-order valence-corrected chi connectivity index (χ3v) is 4.89. The van der Waals surface area contributed by atoms with Gasteiger partial charge in [0.05, 0.1) is 5.75 Å². The van der Waals surface area contributed by atoms with Crippen molar-refractivity contribution in [2.45, 2.75) is 62.1 Å². The molecule has 0 N–H and O–H groups in total. The SMILES string of the molecule is CC(C(=O)C(F)(F)F)c1nc(CSC2CCCCC2)no1. The highest BCUT2D eigenvalue weighted by Crippen LogP contribution is 2.31. The van der Waals surface area contributed by atoms with Crippen LogP contribution in [-0.4, -0.2) is 27.4 Å². The summed E-state index contributed by atoms with van der Waals surface area (Å²) in [5.41, 5.74) is 0. The summed E-state index contributed by atoms with van der Waals surface area (Å²) in [6, 6.07) is 0. The molecule has 1 heterocycles. The standard InChI is InChI=1S/C13H17F3N2O2S/c1-8(11(19)13(14,15)16)12-17-10(18-20-12)7-21-9-5-3-2-4-6-9/h8-9H,2-7H2,1H3. The minimum absolute atomic E-state index is 0.267. The number of nitrogens with zero attached hydrogens (tertiary/aromatic N) is 2. The Labute approximate surface area is 124 Å². The van der Waals surface area contributed by atoms with Crippen LogP contribution in [0.4, 0.5) is 13.2 Å². The van der Waals surface area contributed by atoms with Gasteiger partial charge in [0.1, 0.15) is 5.92 Å². The van der Waals surface area contributed by atoms with Crippen LogP contribution in [0, 0.1) is 0 Å². The lowest BCUT2D eigenvalue weighted by atomic mass is 10.0. The predicted octanol–water partition coefficient (Wildman–Crippen LogP) is 3.87. The summed E-state index contributed by atoms with van der Waals surface area (Å²) in [7, 11) is 0. The van der Waals surface area contributed by atoms with Crippen molar-refractivity contribution in [1.82, 2.24) is 10.1 Å². The van der Waals surface area contributed by atoms with Gasteiger partial charge in [-0.1, -0.05) is 24.4 Å². The van der Waals surface area contributed by atoms with Gasteiger partial charge in [0, 0.05) is 5.25 Å². The molecular formula is C13H17F3N2O2S. The number of hydrogen-bond donors (Lipinski definition) is 0. The first-order valence-electron chi connectivity index (χ1n) is 6.93. The molecule has 0 spiro atoms. The van der Waals surface area contributed by atoms with Gasteiger partial charge in [-0.25, -0.2) is 0 Å². The fourth-order valence-electron chi connectivity index (χ4n) is 2.28. The van der Waals surface area contributed by atoms with Gasteiger partial charge in [0.2, 0.25) is 11.7 Å². The Balaban J connectivity index is 1.90. The van der Waals surface area contributed by atoms with Crippen LogP contribution < -0.4 is 0 Å². The first kappa shape index (κ1) is 16.3. The van der Waals surface area contributed by atoms with Crippen molar-refractivity contribution in [3.63, 3.8) is 0 Å². The van der Waals surface area contributed by atoms with Crippen LogP contribution in [0.3, 0.4) is 0 Å². The van der Waals surface area contributed by atoms with Crippen LogP contribution in [0.5, 0.6) is 0 Å². The van der Waals surface area contributed by atoms with Gasteiger partial charge in [-0.15, -0.1) is 0 Å². The van der Waals surface area contributed by atoms with Crippen molar-refractivity contribution in [2.75, 3.05) is 0 Å². The number of carbonyl (C=O) groups is 1. The molecule has 2 rings (SSSR count). The van der Waals surface area contributed by atoms with Crippen molar-refractivity contribution in [3.05, 3.63) is 11.7 Å². The van der Waals surface area contributed by atoms with Crippen LogP contribution in [0.1, 0.15) is 56.7 Å². The maximum atomic E-state index is 12.3. The van der Waals surface area contributed by atoms with Gasteiger partial charge in [-0.2, -0.15) is 29.9 Å². The molecule has 0 aliphatic heterocycles. The van der Waals surface area contributed by atoms with E-state index in [4.69, 9.17) is 4.52 Å². The van der Waals surface area contributed by atoms with Crippen LogP contribution in [-0.2, 0) is 10.5 Å². The number of thioether (sulfide) groups is 1. The molecule has 0 amide bonds. The minimum atomic E-state index is -4.88. The molecule has 1 saturated carbocycles. The zero-order valence-corrected chi connectivity index (χ0v) is 12.5. The van der Waals surface area contributed by atoms with Crippen LogP contribution in [0.15, 0.2) is 4.52 Å². The molecule has 0 saturated heterocycles. The van der Waals surface area contributed by atoms with Crippen LogP contribution in [0.25, 0.3) is 0 Å². The molecule has 0 bridgehead atoms. The summed E-state index contributed by atoms with van der Waals surface area (Å²) in [5, 5.41) is 4.21. The first-order valence-corrected chi connectivity index (χ1v) is 7.98. The van der Waals surface area contributed by atoms with Crippen molar-refractivity contribution in [3.8, 4) is 0 Å². The average Bonchev–Trinajstić information content (AvgIpc) is 2.92.